The van der Waals surface area contributed by atoms with Crippen LogP contribution in [0.1, 0.15) is 35.1 Å². The molecule has 1 aliphatic heterocycles. The van der Waals surface area contributed by atoms with Crippen molar-refractivity contribution in [2.45, 2.75) is 18.8 Å². The van der Waals surface area contributed by atoms with Gasteiger partial charge in [0, 0.05) is 35.1 Å². The van der Waals surface area contributed by atoms with E-state index in [0.29, 0.717) is 37.5 Å². The summed E-state index contributed by atoms with van der Waals surface area (Å²) >= 11 is 3.51. The Hall–Kier alpha value is -2.48. The van der Waals surface area contributed by atoms with Gasteiger partial charge in [0.05, 0.1) is 0 Å². The van der Waals surface area contributed by atoms with Gasteiger partial charge in [0.15, 0.2) is 0 Å². The van der Waals surface area contributed by atoms with Gasteiger partial charge in [-0.05, 0) is 30.4 Å². The number of amides is 1. The van der Waals surface area contributed by atoms with Crippen LogP contribution >= 0.6 is 15.9 Å². The molecule has 0 saturated carbocycles. The zero-order valence-electron chi connectivity index (χ0n) is 13.2. The van der Waals surface area contributed by atoms with Crippen LogP contribution in [0.3, 0.4) is 0 Å². The highest BCUT2D eigenvalue weighted by atomic mass is 79.9. The van der Waals surface area contributed by atoms with Gasteiger partial charge in [-0.2, -0.15) is 0 Å². The number of likely N-dealkylation sites (tertiary alicyclic amines) is 1. The summed E-state index contributed by atoms with van der Waals surface area (Å²) in [5, 5.41) is 8.12. The third kappa shape index (κ3) is 3.09. The van der Waals surface area contributed by atoms with Crippen molar-refractivity contribution >= 4 is 32.6 Å². The number of carbonyl (C=O) groups is 1. The second-order valence-electron chi connectivity index (χ2n) is 6.05. The Morgan fingerprint density at radius 2 is 2.12 bits per heavy atom. The van der Waals surface area contributed by atoms with Crippen molar-refractivity contribution in [2.75, 3.05) is 13.1 Å². The van der Waals surface area contributed by atoms with Crippen LogP contribution in [0.2, 0.25) is 0 Å². The lowest BCUT2D eigenvalue weighted by atomic mass is 9.96. The number of halogens is 1. The molecule has 2 aromatic heterocycles. The first-order valence-corrected chi connectivity index (χ1v) is 8.80. The molecule has 1 aliphatic rings. The number of hydrogen-bond donors (Lipinski definition) is 1. The number of piperidine rings is 1. The Morgan fingerprint density at radius 1 is 1.32 bits per heavy atom. The summed E-state index contributed by atoms with van der Waals surface area (Å²) in [4.78, 5) is 29.9. The predicted molar refractivity (Wildman–Crippen MR) is 94.4 cm³/mol. The maximum atomic E-state index is 12.8. The van der Waals surface area contributed by atoms with Crippen LogP contribution < -0.4 is 5.76 Å². The van der Waals surface area contributed by atoms with Crippen LogP contribution in [0.15, 0.2) is 44.1 Å². The highest BCUT2D eigenvalue weighted by Gasteiger charge is 2.28. The molecule has 1 saturated heterocycles. The smallest absolute Gasteiger partial charge is 0.392 e. The molecule has 0 unspecified atom stereocenters. The maximum Gasteiger partial charge on any atom is 0.434 e. The molecule has 1 aromatic carbocycles. The minimum Gasteiger partial charge on any atom is -0.392 e. The zero-order chi connectivity index (χ0) is 17.4. The van der Waals surface area contributed by atoms with Gasteiger partial charge in [0.2, 0.25) is 5.89 Å². The highest BCUT2D eigenvalue weighted by Crippen LogP contribution is 2.28. The molecule has 1 fully saturated rings. The van der Waals surface area contributed by atoms with Crippen molar-refractivity contribution in [1.82, 2.24) is 20.1 Å². The largest absolute Gasteiger partial charge is 0.434 e. The van der Waals surface area contributed by atoms with Crippen LogP contribution in [-0.4, -0.2) is 39.1 Å². The standard InChI is InChI=1S/C17H15BrN4O3/c18-13-3-1-2-11-9-19-14(8-12(11)13)16(23)22-6-4-10(5-7-22)15-20-21-17(24)25-15/h1-3,8-10H,4-7H2,(H,21,24). The molecule has 1 amide bonds. The van der Waals surface area contributed by atoms with Crippen molar-refractivity contribution in [1.29, 1.82) is 0 Å². The number of benzene rings is 1. The second-order valence-corrected chi connectivity index (χ2v) is 6.90. The molecule has 0 spiro atoms. The lowest BCUT2D eigenvalue weighted by molar-refractivity contribution is 0.0700. The van der Waals surface area contributed by atoms with Gasteiger partial charge < -0.3 is 9.32 Å². The number of fused-ring (bicyclic) bond motifs is 1. The van der Waals surface area contributed by atoms with E-state index in [1.807, 2.05) is 24.3 Å². The first kappa shape index (κ1) is 16.0. The zero-order valence-corrected chi connectivity index (χ0v) is 14.8. The number of nitrogens with one attached hydrogen (secondary N) is 1. The molecule has 3 aromatic rings. The van der Waals surface area contributed by atoms with E-state index >= 15 is 0 Å². The summed E-state index contributed by atoms with van der Waals surface area (Å²) in [5.74, 6) is -0.148. The number of H-pyrrole nitrogens is 1. The maximum absolute atomic E-state index is 12.8. The topological polar surface area (TPSA) is 92.1 Å². The summed E-state index contributed by atoms with van der Waals surface area (Å²) in [5.41, 5.74) is 0.434. The number of nitrogens with zero attached hydrogens (tertiary/aromatic N) is 3. The summed E-state index contributed by atoms with van der Waals surface area (Å²) in [6.45, 7) is 1.16. The van der Waals surface area contributed by atoms with Crippen molar-refractivity contribution < 1.29 is 9.21 Å². The molecule has 0 radical (unpaired) electrons. The van der Waals surface area contributed by atoms with Crippen molar-refractivity contribution in [3.63, 3.8) is 0 Å². The Kier molecular flexibility index (Phi) is 4.12. The van der Waals surface area contributed by atoms with Crippen LogP contribution in [-0.2, 0) is 0 Å². The number of pyridine rings is 1. The highest BCUT2D eigenvalue weighted by molar-refractivity contribution is 9.10. The van der Waals surface area contributed by atoms with E-state index in [1.54, 1.807) is 11.1 Å². The first-order chi connectivity index (χ1) is 12.1. The summed E-state index contributed by atoms with van der Waals surface area (Å²) in [6.07, 6.45) is 3.13. The lowest BCUT2D eigenvalue weighted by Crippen LogP contribution is -2.38. The predicted octanol–water partition coefficient (Wildman–Crippen LogP) is 2.69. The fraction of sp³-hybridized carbons (Fsp3) is 0.294. The Balaban J connectivity index is 1.50. The molecule has 128 valence electrons. The summed E-state index contributed by atoms with van der Waals surface area (Å²) < 4.78 is 5.96. The number of carbonyl (C=O) groups excluding carboxylic acids is 1. The van der Waals surface area contributed by atoms with Gasteiger partial charge in [0.1, 0.15) is 5.69 Å². The average Bonchev–Trinajstić information content (AvgIpc) is 3.08. The molecule has 0 bridgehead atoms. The fourth-order valence-electron chi connectivity index (χ4n) is 3.16. The first-order valence-electron chi connectivity index (χ1n) is 8.01. The van der Waals surface area contributed by atoms with Gasteiger partial charge in [0.25, 0.3) is 5.91 Å². The molecule has 25 heavy (non-hydrogen) atoms. The van der Waals surface area contributed by atoms with E-state index in [2.05, 4.69) is 31.1 Å². The van der Waals surface area contributed by atoms with Gasteiger partial charge in [-0.25, -0.2) is 9.89 Å². The molecule has 7 nitrogen and oxygen atoms in total. The molecule has 3 heterocycles. The van der Waals surface area contributed by atoms with E-state index in [1.165, 1.54) is 0 Å². The monoisotopic (exact) mass is 402 g/mol. The molecule has 1 N–H and O–H groups in total. The van der Waals surface area contributed by atoms with E-state index in [0.717, 1.165) is 15.2 Å². The quantitative estimate of drug-likeness (QED) is 0.711. The lowest BCUT2D eigenvalue weighted by Gasteiger charge is -2.30. The van der Waals surface area contributed by atoms with Gasteiger partial charge in [-0.1, -0.05) is 28.1 Å². The molecule has 4 rings (SSSR count). The van der Waals surface area contributed by atoms with Crippen molar-refractivity contribution in [2.24, 2.45) is 0 Å². The Bertz CT molecular complexity index is 989. The number of aromatic nitrogens is 3. The normalized spacial score (nSPS) is 15.6. The molecule has 8 heteroatoms. The van der Waals surface area contributed by atoms with Crippen LogP contribution in [0.25, 0.3) is 10.8 Å². The fourth-order valence-corrected chi connectivity index (χ4v) is 3.65. The van der Waals surface area contributed by atoms with Gasteiger partial charge >= 0.3 is 5.76 Å². The Labute approximate surface area is 151 Å². The molecule has 0 aliphatic carbocycles. The SMILES string of the molecule is O=C(c1cc2c(Br)cccc2cn1)N1CCC(c2n[nH]c(=O)o2)CC1. The minimum atomic E-state index is -0.542. The van der Waals surface area contributed by atoms with E-state index < -0.39 is 5.76 Å². The third-order valence-electron chi connectivity index (χ3n) is 4.52. The van der Waals surface area contributed by atoms with E-state index in [9.17, 15) is 9.59 Å². The van der Waals surface area contributed by atoms with Gasteiger partial charge in [-0.3, -0.25) is 9.78 Å². The van der Waals surface area contributed by atoms with Gasteiger partial charge in [-0.15, -0.1) is 5.10 Å². The van der Waals surface area contributed by atoms with E-state index in [-0.39, 0.29) is 11.8 Å². The summed E-state index contributed by atoms with van der Waals surface area (Å²) in [7, 11) is 0. The number of aromatic amines is 1. The third-order valence-corrected chi connectivity index (χ3v) is 5.21. The van der Waals surface area contributed by atoms with Crippen molar-refractivity contribution in [3.8, 4) is 0 Å². The molecular formula is C17H15BrN4O3. The second kappa shape index (κ2) is 6.44. The van der Waals surface area contributed by atoms with Crippen LogP contribution in [0.5, 0.6) is 0 Å². The van der Waals surface area contributed by atoms with E-state index in [4.69, 9.17) is 4.42 Å². The minimum absolute atomic E-state index is 0.0571. The van der Waals surface area contributed by atoms with Crippen LogP contribution in [0, 0.1) is 0 Å². The summed E-state index contributed by atoms with van der Waals surface area (Å²) in [6, 6.07) is 7.67. The number of rotatable bonds is 2. The average molecular weight is 403 g/mol. The molecular weight excluding hydrogens is 388 g/mol. The number of hydrogen-bond acceptors (Lipinski definition) is 5. The molecule has 0 atom stereocenters. The van der Waals surface area contributed by atoms with Crippen molar-refractivity contribution in [3.05, 3.63) is 57.1 Å². The Morgan fingerprint density at radius 3 is 2.84 bits per heavy atom. The van der Waals surface area contributed by atoms with Crippen LogP contribution in [0.4, 0.5) is 0 Å².